The molecule has 1 unspecified atom stereocenters. The average molecular weight is 235 g/mol. The summed E-state index contributed by atoms with van der Waals surface area (Å²) in [7, 11) is 0. The largest absolute Gasteiger partial charge is 0.392 e. The molecule has 1 aromatic carbocycles. The number of aliphatic hydroxyl groups excluding tert-OH is 1. The highest BCUT2D eigenvalue weighted by atomic mass is 16.5. The number of hydrogen-bond donors (Lipinski definition) is 1. The second-order valence-electron chi connectivity index (χ2n) is 4.76. The second kappa shape index (κ2) is 5.52. The molecule has 1 aliphatic heterocycles. The maximum Gasteiger partial charge on any atom is 0.0721 e. The Balaban J connectivity index is 2.20. The monoisotopic (exact) mass is 235 g/mol. The molecular weight excluding hydrogens is 214 g/mol. The van der Waals surface area contributed by atoms with Gasteiger partial charge < -0.3 is 14.7 Å². The molecule has 1 aliphatic rings. The van der Waals surface area contributed by atoms with Gasteiger partial charge in [-0.25, -0.2) is 0 Å². The SMILES string of the molecule is Cc1cc(CO)ccc1N1CCCOC(C)C1. The van der Waals surface area contributed by atoms with Gasteiger partial charge in [0.2, 0.25) is 0 Å². The zero-order chi connectivity index (χ0) is 12.3. The molecule has 1 N–H and O–H groups in total. The summed E-state index contributed by atoms with van der Waals surface area (Å²) in [4.78, 5) is 2.38. The van der Waals surface area contributed by atoms with Crippen molar-refractivity contribution in [3.8, 4) is 0 Å². The molecule has 1 saturated heterocycles. The zero-order valence-corrected chi connectivity index (χ0v) is 10.6. The number of aryl methyl sites for hydroxylation is 1. The molecular formula is C14H21NO2. The lowest BCUT2D eigenvalue weighted by molar-refractivity contribution is 0.0821. The molecule has 0 saturated carbocycles. The van der Waals surface area contributed by atoms with E-state index in [9.17, 15) is 0 Å². The molecule has 0 spiro atoms. The zero-order valence-electron chi connectivity index (χ0n) is 10.6. The van der Waals surface area contributed by atoms with Gasteiger partial charge in [0.05, 0.1) is 12.7 Å². The normalized spacial score (nSPS) is 21.4. The van der Waals surface area contributed by atoms with E-state index in [0.717, 1.165) is 31.7 Å². The van der Waals surface area contributed by atoms with Crippen molar-refractivity contribution in [2.45, 2.75) is 33.0 Å². The number of aliphatic hydroxyl groups is 1. The van der Waals surface area contributed by atoms with Crippen LogP contribution >= 0.6 is 0 Å². The predicted molar refractivity (Wildman–Crippen MR) is 69.3 cm³/mol. The molecule has 0 amide bonds. The standard InChI is InChI=1S/C14H21NO2/c1-11-8-13(10-16)4-5-14(11)15-6-3-7-17-12(2)9-15/h4-5,8,12,16H,3,6-7,9-10H2,1-2H3. The fraction of sp³-hybridized carbons (Fsp3) is 0.571. The molecule has 3 nitrogen and oxygen atoms in total. The quantitative estimate of drug-likeness (QED) is 0.852. The third kappa shape index (κ3) is 2.99. The minimum atomic E-state index is 0.112. The van der Waals surface area contributed by atoms with E-state index >= 15 is 0 Å². The van der Waals surface area contributed by atoms with Crippen molar-refractivity contribution in [1.82, 2.24) is 0 Å². The van der Waals surface area contributed by atoms with Gasteiger partial charge in [-0.2, -0.15) is 0 Å². The third-order valence-electron chi connectivity index (χ3n) is 3.24. The van der Waals surface area contributed by atoms with Gasteiger partial charge in [0.1, 0.15) is 0 Å². The molecule has 17 heavy (non-hydrogen) atoms. The summed E-state index contributed by atoms with van der Waals surface area (Å²) in [6.07, 6.45) is 1.36. The second-order valence-corrected chi connectivity index (χ2v) is 4.76. The third-order valence-corrected chi connectivity index (χ3v) is 3.24. The van der Waals surface area contributed by atoms with E-state index < -0.39 is 0 Å². The smallest absolute Gasteiger partial charge is 0.0721 e. The van der Waals surface area contributed by atoms with Gasteiger partial charge >= 0.3 is 0 Å². The Hall–Kier alpha value is -1.06. The first-order chi connectivity index (χ1) is 8.20. The Morgan fingerprint density at radius 3 is 3.00 bits per heavy atom. The first kappa shape index (κ1) is 12.4. The fourth-order valence-corrected chi connectivity index (χ4v) is 2.38. The van der Waals surface area contributed by atoms with Crippen LogP contribution in [0.1, 0.15) is 24.5 Å². The molecule has 3 heteroatoms. The van der Waals surface area contributed by atoms with Crippen molar-refractivity contribution in [2.24, 2.45) is 0 Å². The summed E-state index contributed by atoms with van der Waals surface area (Å²) in [5, 5.41) is 9.12. The Morgan fingerprint density at radius 2 is 2.29 bits per heavy atom. The molecule has 0 aromatic heterocycles. The van der Waals surface area contributed by atoms with E-state index in [4.69, 9.17) is 9.84 Å². The van der Waals surface area contributed by atoms with Crippen LogP contribution in [0, 0.1) is 6.92 Å². The molecule has 0 radical (unpaired) electrons. The minimum Gasteiger partial charge on any atom is -0.392 e. The van der Waals surface area contributed by atoms with E-state index in [1.807, 2.05) is 6.07 Å². The van der Waals surface area contributed by atoms with Crippen LogP contribution in [0.2, 0.25) is 0 Å². The Morgan fingerprint density at radius 1 is 1.47 bits per heavy atom. The highest BCUT2D eigenvalue weighted by molar-refractivity contribution is 5.54. The van der Waals surface area contributed by atoms with Crippen LogP contribution in [-0.4, -0.2) is 30.9 Å². The van der Waals surface area contributed by atoms with E-state index in [2.05, 4.69) is 30.9 Å². The van der Waals surface area contributed by atoms with Gasteiger partial charge in [-0.15, -0.1) is 0 Å². The van der Waals surface area contributed by atoms with E-state index in [1.165, 1.54) is 11.3 Å². The lowest BCUT2D eigenvalue weighted by atomic mass is 10.1. The molecule has 94 valence electrons. The van der Waals surface area contributed by atoms with Crippen molar-refractivity contribution in [1.29, 1.82) is 0 Å². The Labute approximate surface area is 103 Å². The molecule has 1 aromatic rings. The Bertz CT molecular complexity index is 378. The van der Waals surface area contributed by atoms with Crippen molar-refractivity contribution < 1.29 is 9.84 Å². The van der Waals surface area contributed by atoms with E-state index in [1.54, 1.807) is 0 Å². The summed E-state index contributed by atoms with van der Waals surface area (Å²) in [5.74, 6) is 0. The Kier molecular flexibility index (Phi) is 4.02. The maximum atomic E-state index is 9.12. The van der Waals surface area contributed by atoms with Crippen LogP contribution in [0.25, 0.3) is 0 Å². The number of nitrogens with zero attached hydrogens (tertiary/aromatic N) is 1. The maximum absolute atomic E-state index is 9.12. The lowest BCUT2D eigenvalue weighted by Gasteiger charge is -2.26. The van der Waals surface area contributed by atoms with Crippen molar-refractivity contribution >= 4 is 5.69 Å². The van der Waals surface area contributed by atoms with Crippen LogP contribution in [0.4, 0.5) is 5.69 Å². The van der Waals surface area contributed by atoms with Crippen LogP contribution in [0.3, 0.4) is 0 Å². The number of rotatable bonds is 2. The lowest BCUT2D eigenvalue weighted by Crippen LogP contribution is -2.30. The van der Waals surface area contributed by atoms with Crippen molar-refractivity contribution in [2.75, 3.05) is 24.6 Å². The van der Waals surface area contributed by atoms with Gasteiger partial charge in [-0.1, -0.05) is 12.1 Å². The number of ether oxygens (including phenoxy) is 1. The predicted octanol–water partition coefficient (Wildman–Crippen LogP) is 2.10. The van der Waals surface area contributed by atoms with Crippen LogP contribution in [-0.2, 0) is 11.3 Å². The van der Waals surface area contributed by atoms with E-state index in [-0.39, 0.29) is 12.7 Å². The minimum absolute atomic E-state index is 0.112. The van der Waals surface area contributed by atoms with Crippen molar-refractivity contribution in [3.63, 3.8) is 0 Å². The highest BCUT2D eigenvalue weighted by Crippen LogP contribution is 2.23. The summed E-state index contributed by atoms with van der Waals surface area (Å²) in [5.41, 5.74) is 3.47. The van der Waals surface area contributed by atoms with Crippen LogP contribution in [0.15, 0.2) is 18.2 Å². The molecule has 0 aliphatic carbocycles. The van der Waals surface area contributed by atoms with Gasteiger partial charge in [0, 0.05) is 25.4 Å². The fourth-order valence-electron chi connectivity index (χ4n) is 2.38. The van der Waals surface area contributed by atoms with E-state index in [0.29, 0.717) is 0 Å². The summed E-state index contributed by atoms with van der Waals surface area (Å²) in [6, 6.07) is 6.17. The molecule has 1 fully saturated rings. The molecule has 1 heterocycles. The van der Waals surface area contributed by atoms with Gasteiger partial charge in [0.25, 0.3) is 0 Å². The topological polar surface area (TPSA) is 32.7 Å². The first-order valence-electron chi connectivity index (χ1n) is 6.27. The highest BCUT2D eigenvalue weighted by Gasteiger charge is 2.16. The van der Waals surface area contributed by atoms with Crippen molar-refractivity contribution in [3.05, 3.63) is 29.3 Å². The molecule has 1 atom stereocenters. The molecule has 0 bridgehead atoms. The summed E-state index contributed by atoms with van der Waals surface area (Å²) >= 11 is 0. The number of hydrogen-bond acceptors (Lipinski definition) is 3. The summed E-state index contributed by atoms with van der Waals surface area (Å²) < 4.78 is 5.66. The molecule has 2 rings (SSSR count). The van der Waals surface area contributed by atoms with Gasteiger partial charge in [-0.3, -0.25) is 0 Å². The van der Waals surface area contributed by atoms with Crippen LogP contribution in [0.5, 0.6) is 0 Å². The van der Waals surface area contributed by atoms with Gasteiger partial charge in [0.15, 0.2) is 0 Å². The number of benzene rings is 1. The van der Waals surface area contributed by atoms with Crippen LogP contribution < -0.4 is 4.90 Å². The average Bonchev–Trinajstić information content (AvgIpc) is 2.53. The summed E-state index contributed by atoms with van der Waals surface area (Å²) in [6.45, 7) is 7.18. The van der Waals surface area contributed by atoms with Gasteiger partial charge in [-0.05, 0) is 37.5 Å². The number of anilines is 1. The first-order valence-corrected chi connectivity index (χ1v) is 6.27.